The number of rotatable bonds is 7. The van der Waals surface area contributed by atoms with Crippen LogP contribution in [-0.4, -0.2) is 44.5 Å². The van der Waals surface area contributed by atoms with Crippen LogP contribution in [0.3, 0.4) is 0 Å². The van der Waals surface area contributed by atoms with Crippen LogP contribution >= 0.6 is 15.9 Å². The molecule has 0 radical (unpaired) electrons. The molecule has 0 atom stereocenters. The first kappa shape index (κ1) is 21.6. The lowest BCUT2D eigenvalue weighted by Gasteiger charge is -2.15. The molecule has 0 spiro atoms. The van der Waals surface area contributed by atoms with Crippen LogP contribution in [0.15, 0.2) is 88.2 Å². The summed E-state index contributed by atoms with van der Waals surface area (Å²) in [5.74, 6) is 0.559. The first-order valence-corrected chi connectivity index (χ1v) is 12.1. The Hall–Kier alpha value is -2.61. The summed E-state index contributed by atoms with van der Waals surface area (Å²) in [6.45, 7) is 1.14. The lowest BCUT2D eigenvalue weighted by Crippen LogP contribution is -2.19. The quantitative estimate of drug-likeness (QED) is 0.349. The SMILES string of the molecule is CN(C)CCOc1c(-c2ccccc2)n(S(=O)(=O)c2ccccc2)c2ccc(Br)cc12. The maximum Gasteiger partial charge on any atom is 0.268 e. The van der Waals surface area contributed by atoms with Gasteiger partial charge in [0.25, 0.3) is 10.0 Å². The van der Waals surface area contributed by atoms with Gasteiger partial charge >= 0.3 is 0 Å². The molecular weight excluding hydrogens is 476 g/mol. The lowest BCUT2D eigenvalue weighted by molar-refractivity contribution is 0.264. The van der Waals surface area contributed by atoms with E-state index in [0.717, 1.165) is 15.4 Å². The molecule has 4 rings (SSSR count). The number of hydrogen-bond donors (Lipinski definition) is 0. The first-order chi connectivity index (χ1) is 14.9. The molecule has 0 unspecified atom stereocenters. The summed E-state index contributed by atoms with van der Waals surface area (Å²) in [6.07, 6.45) is 0. The van der Waals surface area contributed by atoms with Gasteiger partial charge in [-0.2, -0.15) is 0 Å². The monoisotopic (exact) mass is 498 g/mol. The van der Waals surface area contributed by atoms with Crippen molar-refractivity contribution in [2.45, 2.75) is 4.90 Å². The number of benzene rings is 3. The number of ether oxygens (including phenoxy) is 1. The Kier molecular flexibility index (Phi) is 6.18. The molecule has 0 aliphatic carbocycles. The Bertz CT molecular complexity index is 1300. The minimum absolute atomic E-state index is 0.229. The van der Waals surface area contributed by atoms with E-state index in [2.05, 4.69) is 15.9 Å². The van der Waals surface area contributed by atoms with Crippen LogP contribution in [0.1, 0.15) is 0 Å². The number of hydrogen-bond acceptors (Lipinski definition) is 4. The highest BCUT2D eigenvalue weighted by atomic mass is 79.9. The van der Waals surface area contributed by atoms with Gasteiger partial charge in [0.2, 0.25) is 0 Å². The normalized spacial score (nSPS) is 11.9. The summed E-state index contributed by atoms with van der Waals surface area (Å²) in [6, 6.07) is 23.5. The van der Waals surface area contributed by atoms with Crippen molar-refractivity contribution in [2.75, 3.05) is 27.2 Å². The maximum atomic E-state index is 13.8. The largest absolute Gasteiger partial charge is 0.489 e. The van der Waals surface area contributed by atoms with Gasteiger partial charge in [-0.05, 0) is 44.4 Å². The predicted octanol–water partition coefficient (Wildman–Crippen LogP) is 5.25. The van der Waals surface area contributed by atoms with E-state index < -0.39 is 10.0 Å². The molecule has 0 fully saturated rings. The van der Waals surface area contributed by atoms with Gasteiger partial charge in [0.05, 0.1) is 10.4 Å². The zero-order chi connectivity index (χ0) is 22.0. The van der Waals surface area contributed by atoms with Gasteiger partial charge in [-0.15, -0.1) is 0 Å². The van der Waals surface area contributed by atoms with Gasteiger partial charge in [-0.1, -0.05) is 64.5 Å². The highest BCUT2D eigenvalue weighted by Gasteiger charge is 2.29. The fraction of sp³-hybridized carbons (Fsp3) is 0.167. The van der Waals surface area contributed by atoms with E-state index in [1.165, 1.54) is 3.97 Å². The zero-order valence-electron chi connectivity index (χ0n) is 17.3. The number of likely N-dealkylation sites (N-methyl/N-ethyl adjacent to an activating group) is 1. The van der Waals surface area contributed by atoms with E-state index in [-0.39, 0.29) is 4.90 Å². The molecule has 7 heteroatoms. The molecule has 1 aromatic heterocycles. The van der Waals surface area contributed by atoms with Gasteiger partial charge in [0.15, 0.2) is 5.75 Å². The second-order valence-electron chi connectivity index (χ2n) is 7.44. The molecule has 0 N–H and O–H groups in total. The van der Waals surface area contributed by atoms with Crippen LogP contribution in [-0.2, 0) is 10.0 Å². The minimum Gasteiger partial charge on any atom is -0.489 e. The minimum atomic E-state index is -3.87. The summed E-state index contributed by atoms with van der Waals surface area (Å²) in [4.78, 5) is 2.25. The standard InChI is InChI=1S/C24H23BrN2O3S/c1-26(2)15-16-30-24-21-17-19(25)13-14-22(21)27(23(24)18-9-5-3-6-10-18)31(28,29)20-11-7-4-8-12-20/h3-14,17H,15-16H2,1-2H3. The van der Waals surface area contributed by atoms with Gasteiger partial charge < -0.3 is 9.64 Å². The second kappa shape index (κ2) is 8.86. The average Bonchev–Trinajstić information content (AvgIpc) is 3.09. The Morgan fingerprint density at radius 3 is 2.23 bits per heavy atom. The van der Waals surface area contributed by atoms with Crippen molar-refractivity contribution in [1.82, 2.24) is 8.87 Å². The summed E-state index contributed by atoms with van der Waals surface area (Å²) < 4.78 is 36.1. The molecule has 160 valence electrons. The fourth-order valence-electron chi connectivity index (χ4n) is 3.48. The van der Waals surface area contributed by atoms with E-state index in [1.54, 1.807) is 30.3 Å². The Balaban J connectivity index is 2.05. The Morgan fingerprint density at radius 1 is 0.935 bits per heavy atom. The van der Waals surface area contributed by atoms with E-state index in [0.29, 0.717) is 30.1 Å². The van der Waals surface area contributed by atoms with Crippen molar-refractivity contribution in [3.8, 4) is 17.0 Å². The van der Waals surface area contributed by atoms with Crippen molar-refractivity contribution >= 4 is 36.9 Å². The van der Waals surface area contributed by atoms with Crippen molar-refractivity contribution in [1.29, 1.82) is 0 Å². The number of halogens is 1. The van der Waals surface area contributed by atoms with Gasteiger partial charge in [0, 0.05) is 22.0 Å². The molecule has 0 saturated carbocycles. The van der Waals surface area contributed by atoms with Gasteiger partial charge in [-0.3, -0.25) is 0 Å². The number of fused-ring (bicyclic) bond motifs is 1. The molecule has 4 aromatic rings. The van der Waals surface area contributed by atoms with Crippen molar-refractivity contribution in [3.63, 3.8) is 0 Å². The van der Waals surface area contributed by atoms with Crippen molar-refractivity contribution in [2.24, 2.45) is 0 Å². The molecule has 3 aromatic carbocycles. The highest BCUT2D eigenvalue weighted by Crippen LogP contribution is 2.43. The summed E-state index contributed by atoms with van der Waals surface area (Å²) in [5, 5.41) is 0.742. The topological polar surface area (TPSA) is 51.5 Å². The molecular formula is C24H23BrN2O3S. The molecule has 5 nitrogen and oxygen atoms in total. The first-order valence-electron chi connectivity index (χ1n) is 9.87. The van der Waals surface area contributed by atoms with Crippen LogP contribution in [0.25, 0.3) is 22.2 Å². The summed E-state index contributed by atoms with van der Waals surface area (Å²) in [5.41, 5.74) is 1.87. The Morgan fingerprint density at radius 2 is 1.58 bits per heavy atom. The third-order valence-corrected chi connectivity index (χ3v) is 7.17. The third kappa shape index (κ3) is 4.26. The lowest BCUT2D eigenvalue weighted by atomic mass is 10.1. The van der Waals surface area contributed by atoms with E-state index in [1.807, 2.05) is 67.5 Å². The average molecular weight is 499 g/mol. The molecule has 0 aliphatic rings. The smallest absolute Gasteiger partial charge is 0.268 e. The predicted molar refractivity (Wildman–Crippen MR) is 128 cm³/mol. The van der Waals surface area contributed by atoms with Crippen LogP contribution in [0.2, 0.25) is 0 Å². The molecule has 31 heavy (non-hydrogen) atoms. The zero-order valence-corrected chi connectivity index (χ0v) is 19.7. The Labute approximate surface area is 191 Å². The number of aromatic nitrogens is 1. The second-order valence-corrected chi connectivity index (χ2v) is 10.1. The highest BCUT2D eigenvalue weighted by molar-refractivity contribution is 9.10. The number of nitrogens with zero attached hydrogens (tertiary/aromatic N) is 2. The van der Waals surface area contributed by atoms with E-state index >= 15 is 0 Å². The van der Waals surface area contributed by atoms with Crippen molar-refractivity contribution < 1.29 is 13.2 Å². The van der Waals surface area contributed by atoms with Gasteiger partial charge in [-0.25, -0.2) is 12.4 Å². The summed E-state index contributed by atoms with van der Waals surface area (Å²) >= 11 is 3.52. The molecule has 0 amide bonds. The third-order valence-electron chi connectivity index (χ3n) is 4.95. The molecule has 0 bridgehead atoms. The van der Waals surface area contributed by atoms with E-state index in [9.17, 15) is 8.42 Å². The van der Waals surface area contributed by atoms with Crippen molar-refractivity contribution in [3.05, 3.63) is 83.3 Å². The summed E-state index contributed by atoms with van der Waals surface area (Å²) in [7, 11) is 0.0800. The van der Waals surface area contributed by atoms with Crippen LogP contribution < -0.4 is 4.74 Å². The maximum absolute atomic E-state index is 13.8. The molecule has 0 saturated heterocycles. The molecule has 0 aliphatic heterocycles. The molecule has 1 heterocycles. The van der Waals surface area contributed by atoms with Gasteiger partial charge in [0.1, 0.15) is 12.3 Å². The fourth-order valence-corrected chi connectivity index (χ4v) is 5.40. The van der Waals surface area contributed by atoms with E-state index in [4.69, 9.17) is 4.74 Å². The van der Waals surface area contributed by atoms with Crippen LogP contribution in [0, 0.1) is 0 Å². The van der Waals surface area contributed by atoms with Crippen LogP contribution in [0.5, 0.6) is 5.75 Å². The van der Waals surface area contributed by atoms with Crippen LogP contribution in [0.4, 0.5) is 0 Å².